The van der Waals surface area contributed by atoms with Crippen LogP contribution in [0.3, 0.4) is 0 Å². The van der Waals surface area contributed by atoms with Gasteiger partial charge in [-0.2, -0.15) is 0 Å². The molecular weight excluding hydrogens is 367 g/mol. The maximum absolute atomic E-state index is 12.8. The first-order valence-electron chi connectivity index (χ1n) is 7.64. The van der Waals surface area contributed by atoms with Gasteiger partial charge in [-0.25, -0.2) is 4.79 Å². The lowest BCUT2D eigenvalue weighted by Crippen LogP contribution is -2.41. The fraction of sp³-hybridized carbons (Fsp3) is 0.353. The van der Waals surface area contributed by atoms with Crippen LogP contribution < -0.4 is 11.2 Å². The van der Waals surface area contributed by atoms with E-state index in [0.717, 1.165) is 9.13 Å². The van der Waals surface area contributed by atoms with Gasteiger partial charge in [0, 0.05) is 25.2 Å². The fourth-order valence-corrected chi connectivity index (χ4v) is 2.73. The molecule has 25 heavy (non-hydrogen) atoms. The molecule has 0 amide bonds. The molecule has 2 rings (SSSR count). The van der Waals surface area contributed by atoms with Crippen LogP contribution >= 0.6 is 23.2 Å². The Morgan fingerprint density at radius 3 is 2.48 bits per heavy atom. The zero-order chi connectivity index (χ0) is 18.7. The number of hydrogen-bond acceptors (Lipinski definition) is 4. The zero-order valence-corrected chi connectivity index (χ0v) is 15.6. The summed E-state index contributed by atoms with van der Waals surface area (Å²) in [4.78, 5) is 36.4. The van der Waals surface area contributed by atoms with Gasteiger partial charge in [0.25, 0.3) is 5.56 Å². The molecule has 2 aromatic rings. The van der Waals surface area contributed by atoms with E-state index in [1.165, 1.54) is 13.1 Å². The molecule has 0 aliphatic heterocycles. The number of nitrogens with zero attached hydrogens (tertiary/aromatic N) is 2. The minimum absolute atomic E-state index is 0.0673. The molecular formula is C17H18Cl2N2O4. The minimum atomic E-state index is -0.554. The van der Waals surface area contributed by atoms with E-state index in [-0.39, 0.29) is 29.8 Å². The molecule has 1 aromatic carbocycles. The van der Waals surface area contributed by atoms with Crippen molar-refractivity contribution < 1.29 is 9.53 Å². The summed E-state index contributed by atoms with van der Waals surface area (Å²) in [6, 6.07) is 4.91. The second-order valence-electron chi connectivity index (χ2n) is 5.97. The van der Waals surface area contributed by atoms with Gasteiger partial charge < -0.3 is 4.74 Å². The van der Waals surface area contributed by atoms with Crippen LogP contribution in [-0.4, -0.2) is 15.1 Å². The van der Waals surface area contributed by atoms with E-state index in [2.05, 4.69) is 0 Å². The number of benzene rings is 1. The van der Waals surface area contributed by atoms with Crippen molar-refractivity contribution in [3.05, 3.63) is 55.3 Å². The van der Waals surface area contributed by atoms with Gasteiger partial charge in [-0.1, -0.05) is 49.2 Å². The van der Waals surface area contributed by atoms with Crippen molar-refractivity contribution in [2.45, 2.75) is 34.0 Å². The van der Waals surface area contributed by atoms with E-state index in [4.69, 9.17) is 27.9 Å². The summed E-state index contributed by atoms with van der Waals surface area (Å²) in [7, 11) is 0. The molecule has 0 N–H and O–H groups in total. The van der Waals surface area contributed by atoms with Gasteiger partial charge in [-0.15, -0.1) is 0 Å². The summed E-state index contributed by atoms with van der Waals surface area (Å²) < 4.78 is 7.18. The van der Waals surface area contributed by atoms with Crippen LogP contribution in [0, 0.1) is 5.92 Å². The highest BCUT2D eigenvalue weighted by Gasteiger charge is 2.17. The molecule has 1 heterocycles. The quantitative estimate of drug-likeness (QED) is 0.742. The van der Waals surface area contributed by atoms with Crippen molar-refractivity contribution in [1.29, 1.82) is 0 Å². The third-order valence-corrected chi connectivity index (χ3v) is 4.25. The molecule has 0 aliphatic carbocycles. The van der Waals surface area contributed by atoms with E-state index < -0.39 is 17.2 Å². The first-order chi connectivity index (χ1) is 11.7. The number of rotatable bonds is 5. The number of esters is 1. The number of ether oxygens (including phenoxy) is 1. The smallest absolute Gasteiger partial charge is 0.333 e. The molecule has 0 fully saturated rings. The van der Waals surface area contributed by atoms with Crippen molar-refractivity contribution in [3.8, 4) is 11.1 Å². The van der Waals surface area contributed by atoms with E-state index >= 15 is 0 Å². The topological polar surface area (TPSA) is 70.3 Å². The summed E-state index contributed by atoms with van der Waals surface area (Å²) in [5.74, 6) is -0.464. The van der Waals surface area contributed by atoms with Crippen molar-refractivity contribution >= 4 is 29.2 Å². The second kappa shape index (κ2) is 7.89. The van der Waals surface area contributed by atoms with Crippen LogP contribution in [0.15, 0.2) is 34.0 Å². The molecule has 0 aliphatic rings. The SMILES string of the molecule is CC(=O)OCn1cc(-c2cccc(Cl)c2Cl)c(=O)n(CC(C)C)c1=O. The number of aromatic nitrogens is 2. The number of hydrogen-bond donors (Lipinski definition) is 0. The van der Waals surface area contributed by atoms with Gasteiger partial charge >= 0.3 is 11.7 Å². The Bertz CT molecular complexity index is 916. The highest BCUT2D eigenvalue weighted by Crippen LogP contribution is 2.31. The molecule has 134 valence electrons. The predicted octanol–water partition coefficient (Wildman–Crippen LogP) is 3.16. The van der Waals surface area contributed by atoms with Crippen molar-refractivity contribution in [2.24, 2.45) is 5.92 Å². The third kappa shape index (κ3) is 4.32. The van der Waals surface area contributed by atoms with E-state index in [0.29, 0.717) is 10.6 Å². The first-order valence-corrected chi connectivity index (χ1v) is 8.40. The summed E-state index contributed by atoms with van der Waals surface area (Å²) in [6.45, 7) is 4.95. The number of carbonyl (C=O) groups is 1. The Kier molecular flexibility index (Phi) is 6.08. The van der Waals surface area contributed by atoms with Gasteiger partial charge in [0.2, 0.25) is 0 Å². The average Bonchev–Trinajstić information content (AvgIpc) is 2.53. The molecule has 0 saturated heterocycles. The molecule has 0 bridgehead atoms. The Labute approximate surface area is 154 Å². The highest BCUT2D eigenvalue weighted by molar-refractivity contribution is 6.43. The molecule has 0 atom stereocenters. The Hall–Kier alpha value is -2.05. The molecule has 0 spiro atoms. The fourth-order valence-electron chi connectivity index (χ4n) is 2.33. The first kappa shape index (κ1) is 19.3. The van der Waals surface area contributed by atoms with Crippen LogP contribution in [0.1, 0.15) is 20.8 Å². The Morgan fingerprint density at radius 1 is 1.20 bits per heavy atom. The number of carbonyl (C=O) groups excluding carboxylic acids is 1. The van der Waals surface area contributed by atoms with E-state index in [1.807, 2.05) is 13.8 Å². The Balaban J connectivity index is 2.72. The van der Waals surface area contributed by atoms with Gasteiger partial charge in [0.15, 0.2) is 6.73 Å². The standard InChI is InChI=1S/C17H18Cl2N2O4/c1-10(2)7-21-16(23)13(12-5-4-6-14(18)15(12)19)8-20(17(21)24)9-25-11(3)22/h4-6,8,10H,7,9H2,1-3H3. The summed E-state index contributed by atoms with van der Waals surface area (Å²) in [6.07, 6.45) is 1.34. The summed E-state index contributed by atoms with van der Waals surface area (Å²) >= 11 is 12.3. The monoisotopic (exact) mass is 384 g/mol. The maximum Gasteiger partial charge on any atom is 0.333 e. The summed E-state index contributed by atoms with van der Waals surface area (Å²) in [5.41, 5.74) is -0.406. The summed E-state index contributed by atoms with van der Waals surface area (Å²) in [5, 5.41) is 0.516. The largest absolute Gasteiger partial charge is 0.444 e. The lowest BCUT2D eigenvalue weighted by atomic mass is 10.1. The van der Waals surface area contributed by atoms with Crippen LogP contribution in [0.2, 0.25) is 10.0 Å². The normalized spacial score (nSPS) is 11.0. The molecule has 0 unspecified atom stereocenters. The zero-order valence-electron chi connectivity index (χ0n) is 14.1. The van der Waals surface area contributed by atoms with Gasteiger partial charge in [-0.05, 0) is 12.0 Å². The highest BCUT2D eigenvalue weighted by atomic mass is 35.5. The maximum atomic E-state index is 12.8. The van der Waals surface area contributed by atoms with Crippen LogP contribution in [0.4, 0.5) is 0 Å². The molecule has 1 aromatic heterocycles. The van der Waals surface area contributed by atoms with Crippen LogP contribution in [0.5, 0.6) is 0 Å². The lowest BCUT2D eigenvalue weighted by Gasteiger charge is -2.15. The second-order valence-corrected chi connectivity index (χ2v) is 6.76. The van der Waals surface area contributed by atoms with Gasteiger partial charge in [-0.3, -0.25) is 18.7 Å². The van der Waals surface area contributed by atoms with E-state index in [1.54, 1.807) is 18.2 Å². The van der Waals surface area contributed by atoms with Crippen molar-refractivity contribution in [1.82, 2.24) is 9.13 Å². The lowest BCUT2D eigenvalue weighted by molar-refractivity contribution is -0.144. The van der Waals surface area contributed by atoms with E-state index in [9.17, 15) is 14.4 Å². The average molecular weight is 385 g/mol. The van der Waals surface area contributed by atoms with Gasteiger partial charge in [0.1, 0.15) is 0 Å². The molecule has 6 nitrogen and oxygen atoms in total. The third-order valence-electron chi connectivity index (χ3n) is 3.43. The van der Waals surface area contributed by atoms with Crippen molar-refractivity contribution in [3.63, 3.8) is 0 Å². The minimum Gasteiger partial charge on any atom is -0.444 e. The van der Waals surface area contributed by atoms with Gasteiger partial charge in [0.05, 0.1) is 15.6 Å². The van der Waals surface area contributed by atoms with Crippen LogP contribution in [-0.2, 0) is 22.8 Å². The predicted molar refractivity (Wildman–Crippen MR) is 97.0 cm³/mol. The number of halogens is 2. The van der Waals surface area contributed by atoms with Crippen molar-refractivity contribution in [2.75, 3.05) is 0 Å². The molecule has 0 radical (unpaired) electrons. The molecule has 0 saturated carbocycles. The van der Waals surface area contributed by atoms with Crippen LogP contribution in [0.25, 0.3) is 11.1 Å². The Morgan fingerprint density at radius 2 is 1.88 bits per heavy atom. The molecule has 8 heteroatoms.